The van der Waals surface area contributed by atoms with Gasteiger partial charge in [-0.1, -0.05) is 0 Å². The Bertz CT molecular complexity index is 799. The molecule has 1 fully saturated rings. The summed E-state index contributed by atoms with van der Waals surface area (Å²) in [6.07, 6.45) is 2.12. The summed E-state index contributed by atoms with van der Waals surface area (Å²) in [6.45, 7) is 0.873. The van der Waals surface area contributed by atoms with E-state index < -0.39 is 5.82 Å². The number of primary amides is 1. The van der Waals surface area contributed by atoms with Crippen LogP contribution in [0.1, 0.15) is 23.3 Å². The smallest absolute Gasteiger partial charge is 0.274 e. The number of H-pyrrole nitrogens is 1. The lowest BCUT2D eigenvalue weighted by atomic mass is 9.96. The van der Waals surface area contributed by atoms with Crippen LogP contribution in [0.3, 0.4) is 0 Å². The Labute approximate surface area is 143 Å². The summed E-state index contributed by atoms with van der Waals surface area (Å²) in [7, 11) is 1.43. The fourth-order valence-corrected chi connectivity index (χ4v) is 2.84. The predicted octanol–water partition coefficient (Wildman–Crippen LogP) is 0.957. The average molecular weight is 347 g/mol. The number of aromatic nitrogens is 3. The van der Waals surface area contributed by atoms with Crippen LogP contribution in [0.15, 0.2) is 18.3 Å². The van der Waals surface area contributed by atoms with Crippen molar-refractivity contribution in [2.45, 2.75) is 12.8 Å². The molecule has 0 bridgehead atoms. The molecule has 0 aromatic carbocycles. The van der Waals surface area contributed by atoms with Gasteiger partial charge in [0.2, 0.25) is 11.8 Å². The summed E-state index contributed by atoms with van der Waals surface area (Å²) in [5, 5.41) is 6.65. The molecule has 3 N–H and O–H groups in total. The third-order valence-corrected chi connectivity index (χ3v) is 4.31. The number of piperidine rings is 1. The topological polar surface area (TPSA) is 114 Å². The largest absolute Gasteiger partial charge is 0.481 e. The number of methoxy groups -OCH3 is 1. The second-order valence-electron chi connectivity index (χ2n) is 5.84. The number of nitrogens with one attached hydrogen (secondary N) is 1. The van der Waals surface area contributed by atoms with E-state index in [1.165, 1.54) is 19.2 Å². The Morgan fingerprint density at radius 1 is 1.36 bits per heavy atom. The molecule has 2 amide bonds. The minimum atomic E-state index is -0.550. The van der Waals surface area contributed by atoms with Crippen molar-refractivity contribution in [1.82, 2.24) is 20.1 Å². The molecule has 8 nitrogen and oxygen atoms in total. The Kier molecular flexibility index (Phi) is 4.64. The van der Waals surface area contributed by atoms with Gasteiger partial charge in [-0.05, 0) is 18.9 Å². The molecule has 0 saturated carbocycles. The van der Waals surface area contributed by atoms with Gasteiger partial charge in [0.05, 0.1) is 19.0 Å². The lowest BCUT2D eigenvalue weighted by molar-refractivity contribution is -0.123. The van der Waals surface area contributed by atoms with E-state index in [2.05, 4.69) is 15.2 Å². The molecule has 25 heavy (non-hydrogen) atoms. The number of halogens is 1. The number of nitrogens with zero attached hydrogens (tertiary/aromatic N) is 3. The van der Waals surface area contributed by atoms with E-state index in [-0.39, 0.29) is 34.9 Å². The number of amides is 2. The first-order valence-corrected chi connectivity index (χ1v) is 7.83. The summed E-state index contributed by atoms with van der Waals surface area (Å²) in [5.41, 5.74) is 6.05. The minimum Gasteiger partial charge on any atom is -0.481 e. The van der Waals surface area contributed by atoms with Crippen molar-refractivity contribution in [3.63, 3.8) is 0 Å². The SMILES string of the molecule is COc1cc(-c2cc(C(=O)N3CCC(C(N)=O)CC3)n[nH]2)c(F)cn1. The first-order valence-electron chi connectivity index (χ1n) is 7.83. The number of aromatic amines is 1. The quantitative estimate of drug-likeness (QED) is 0.855. The van der Waals surface area contributed by atoms with Crippen LogP contribution < -0.4 is 10.5 Å². The van der Waals surface area contributed by atoms with Crippen molar-refractivity contribution < 1.29 is 18.7 Å². The van der Waals surface area contributed by atoms with Crippen LogP contribution >= 0.6 is 0 Å². The Morgan fingerprint density at radius 2 is 2.08 bits per heavy atom. The molecule has 0 spiro atoms. The lowest BCUT2D eigenvalue weighted by Gasteiger charge is -2.29. The molecule has 0 atom stereocenters. The Morgan fingerprint density at radius 3 is 2.72 bits per heavy atom. The zero-order chi connectivity index (χ0) is 18.0. The number of nitrogens with two attached hydrogens (primary N) is 1. The van der Waals surface area contributed by atoms with Gasteiger partial charge in [0.1, 0.15) is 0 Å². The molecule has 1 saturated heterocycles. The van der Waals surface area contributed by atoms with E-state index in [9.17, 15) is 14.0 Å². The molecule has 1 aliphatic rings. The predicted molar refractivity (Wildman–Crippen MR) is 86.2 cm³/mol. The highest BCUT2D eigenvalue weighted by molar-refractivity contribution is 5.93. The highest BCUT2D eigenvalue weighted by Crippen LogP contribution is 2.25. The maximum atomic E-state index is 14.0. The maximum Gasteiger partial charge on any atom is 0.274 e. The van der Waals surface area contributed by atoms with E-state index in [4.69, 9.17) is 10.5 Å². The van der Waals surface area contributed by atoms with Crippen LogP contribution in [0.25, 0.3) is 11.3 Å². The second kappa shape index (κ2) is 6.88. The highest BCUT2D eigenvalue weighted by atomic mass is 19.1. The molecule has 3 heterocycles. The summed E-state index contributed by atoms with van der Waals surface area (Å²) in [4.78, 5) is 29.1. The van der Waals surface area contributed by atoms with Crippen molar-refractivity contribution in [3.05, 3.63) is 29.8 Å². The first-order chi connectivity index (χ1) is 12.0. The fraction of sp³-hybridized carbons (Fsp3) is 0.375. The van der Waals surface area contributed by atoms with Crippen LogP contribution in [0.2, 0.25) is 0 Å². The maximum absolute atomic E-state index is 14.0. The zero-order valence-electron chi connectivity index (χ0n) is 13.7. The van der Waals surface area contributed by atoms with Gasteiger partial charge in [0, 0.05) is 30.6 Å². The van der Waals surface area contributed by atoms with Gasteiger partial charge in [0.25, 0.3) is 5.91 Å². The van der Waals surface area contributed by atoms with Gasteiger partial charge in [-0.2, -0.15) is 5.10 Å². The van der Waals surface area contributed by atoms with Crippen LogP contribution in [-0.4, -0.2) is 52.1 Å². The average Bonchev–Trinajstić information content (AvgIpc) is 3.11. The van der Waals surface area contributed by atoms with E-state index in [0.717, 1.165) is 6.20 Å². The first kappa shape index (κ1) is 16.9. The van der Waals surface area contributed by atoms with Crippen molar-refractivity contribution >= 4 is 11.8 Å². The van der Waals surface area contributed by atoms with Crippen molar-refractivity contribution in [1.29, 1.82) is 0 Å². The van der Waals surface area contributed by atoms with Gasteiger partial charge in [-0.25, -0.2) is 9.37 Å². The van der Waals surface area contributed by atoms with Crippen molar-refractivity contribution in [2.75, 3.05) is 20.2 Å². The number of hydrogen-bond acceptors (Lipinski definition) is 5. The molecule has 2 aromatic heterocycles. The standard InChI is InChI=1S/C16H18FN5O3/c1-25-14-6-10(11(17)8-19-14)12-7-13(21-20-12)16(24)22-4-2-9(3-5-22)15(18)23/h6-9H,2-5H2,1H3,(H2,18,23)(H,20,21). The normalized spacial score (nSPS) is 15.2. The number of carbonyl (C=O) groups excluding carboxylic acids is 2. The lowest BCUT2D eigenvalue weighted by Crippen LogP contribution is -2.41. The van der Waals surface area contributed by atoms with Crippen molar-refractivity contribution in [2.24, 2.45) is 11.7 Å². The number of rotatable bonds is 4. The molecule has 9 heteroatoms. The van der Waals surface area contributed by atoms with E-state index in [0.29, 0.717) is 31.6 Å². The van der Waals surface area contributed by atoms with Crippen LogP contribution in [-0.2, 0) is 4.79 Å². The number of likely N-dealkylation sites (tertiary alicyclic amines) is 1. The number of pyridine rings is 1. The number of ether oxygens (including phenoxy) is 1. The van der Waals surface area contributed by atoms with Gasteiger partial charge in [-0.3, -0.25) is 14.7 Å². The van der Waals surface area contributed by atoms with E-state index in [1.807, 2.05) is 0 Å². The van der Waals surface area contributed by atoms with Gasteiger partial charge >= 0.3 is 0 Å². The van der Waals surface area contributed by atoms with E-state index in [1.54, 1.807) is 4.90 Å². The van der Waals surface area contributed by atoms with Crippen LogP contribution in [0, 0.1) is 11.7 Å². The van der Waals surface area contributed by atoms with Gasteiger partial charge in [-0.15, -0.1) is 0 Å². The Hall–Kier alpha value is -2.97. The zero-order valence-corrected chi connectivity index (χ0v) is 13.7. The third-order valence-electron chi connectivity index (χ3n) is 4.31. The van der Waals surface area contributed by atoms with Crippen LogP contribution in [0.4, 0.5) is 4.39 Å². The molecular formula is C16H18FN5O3. The summed E-state index contributed by atoms with van der Waals surface area (Å²) in [5.74, 6) is -1.10. The summed E-state index contributed by atoms with van der Waals surface area (Å²) in [6, 6.07) is 2.91. The molecule has 132 valence electrons. The molecular weight excluding hydrogens is 329 g/mol. The molecule has 3 rings (SSSR count). The second-order valence-corrected chi connectivity index (χ2v) is 5.84. The summed E-state index contributed by atoms with van der Waals surface area (Å²) < 4.78 is 19.0. The monoisotopic (exact) mass is 347 g/mol. The minimum absolute atomic E-state index is 0.183. The number of hydrogen-bond donors (Lipinski definition) is 2. The molecule has 0 unspecified atom stereocenters. The third kappa shape index (κ3) is 3.44. The molecule has 0 radical (unpaired) electrons. The number of carbonyl (C=O) groups is 2. The molecule has 1 aliphatic heterocycles. The molecule has 2 aromatic rings. The molecule has 0 aliphatic carbocycles. The highest BCUT2D eigenvalue weighted by Gasteiger charge is 2.27. The van der Waals surface area contributed by atoms with Crippen molar-refractivity contribution in [3.8, 4) is 17.1 Å². The van der Waals surface area contributed by atoms with E-state index >= 15 is 0 Å². The van der Waals surface area contributed by atoms with Gasteiger partial charge < -0.3 is 15.4 Å². The van der Waals surface area contributed by atoms with Crippen LogP contribution in [0.5, 0.6) is 5.88 Å². The fourth-order valence-electron chi connectivity index (χ4n) is 2.84. The summed E-state index contributed by atoms with van der Waals surface area (Å²) >= 11 is 0. The van der Waals surface area contributed by atoms with Gasteiger partial charge in [0.15, 0.2) is 11.5 Å². The Balaban J connectivity index is 1.76.